The van der Waals surface area contributed by atoms with Crippen molar-refractivity contribution in [1.82, 2.24) is 0 Å². The zero-order chi connectivity index (χ0) is 8.72. The van der Waals surface area contributed by atoms with Crippen molar-refractivity contribution >= 4 is 0 Å². The molecule has 4 heteroatoms. The molecule has 12 heavy (non-hydrogen) atoms. The molecule has 2 aliphatic carbocycles. The Bertz CT molecular complexity index is 238. The summed E-state index contributed by atoms with van der Waals surface area (Å²) in [7, 11) is 1.55. The molecule has 0 aromatic carbocycles. The van der Waals surface area contributed by atoms with Crippen molar-refractivity contribution in [1.29, 1.82) is 0 Å². The summed E-state index contributed by atoms with van der Waals surface area (Å²) >= 11 is 0. The Balaban J connectivity index is 2.23. The van der Waals surface area contributed by atoms with E-state index >= 15 is 0 Å². The van der Waals surface area contributed by atoms with Crippen molar-refractivity contribution in [3.63, 3.8) is 0 Å². The lowest BCUT2D eigenvalue weighted by Crippen LogP contribution is -2.38. The molecule has 0 spiro atoms. The van der Waals surface area contributed by atoms with Gasteiger partial charge in [0.25, 0.3) is 0 Å². The maximum Gasteiger partial charge on any atom is 0.245 e. The number of hydrogen-bond donors (Lipinski definition) is 0. The average Bonchev–Trinajstić information content (AvgIpc) is 2.60. The first kappa shape index (κ1) is 7.73. The van der Waals surface area contributed by atoms with Gasteiger partial charge in [-0.1, -0.05) is 12.2 Å². The molecule has 0 N–H and O–H groups in total. The predicted octanol–water partition coefficient (Wildman–Crippen LogP) is 0.853. The number of nitrogens with zero attached hydrogens (tertiary/aromatic N) is 1. The van der Waals surface area contributed by atoms with E-state index in [1.54, 1.807) is 7.11 Å². The number of hydrogen-bond acceptors (Lipinski definition) is 3. The minimum Gasteiger partial charge on any atom is -0.374 e. The summed E-state index contributed by atoms with van der Waals surface area (Å²) in [6, 6.07) is -0.509. The lowest BCUT2D eigenvalue weighted by atomic mass is 9.99. The largest absolute Gasteiger partial charge is 0.374 e. The smallest absolute Gasteiger partial charge is 0.245 e. The Morgan fingerprint density at radius 2 is 2.17 bits per heavy atom. The monoisotopic (exact) mass is 169 g/mol. The van der Waals surface area contributed by atoms with E-state index < -0.39 is 6.04 Å². The molecule has 1 saturated carbocycles. The van der Waals surface area contributed by atoms with E-state index in [0.717, 1.165) is 6.42 Å². The highest BCUT2D eigenvalue weighted by Crippen LogP contribution is 2.41. The van der Waals surface area contributed by atoms with Crippen LogP contribution in [0.2, 0.25) is 0 Å². The van der Waals surface area contributed by atoms with E-state index in [4.69, 9.17) is 4.74 Å². The molecule has 0 aromatic heterocycles. The fraction of sp³-hybridized carbons (Fsp3) is 0.750. The second kappa shape index (κ2) is 2.55. The van der Waals surface area contributed by atoms with Crippen LogP contribution in [0, 0.1) is 22.0 Å². The van der Waals surface area contributed by atoms with Gasteiger partial charge >= 0.3 is 0 Å². The molecule has 0 aliphatic heterocycles. The molecule has 2 rings (SSSR count). The van der Waals surface area contributed by atoms with E-state index in [-0.39, 0.29) is 22.9 Å². The van der Waals surface area contributed by atoms with Gasteiger partial charge in [0.15, 0.2) is 0 Å². The van der Waals surface area contributed by atoms with Crippen LogP contribution in [0.4, 0.5) is 0 Å². The third kappa shape index (κ3) is 0.876. The van der Waals surface area contributed by atoms with Crippen LogP contribution in [0.25, 0.3) is 0 Å². The quantitative estimate of drug-likeness (QED) is 0.350. The average molecular weight is 169 g/mol. The van der Waals surface area contributed by atoms with E-state index in [9.17, 15) is 10.1 Å². The van der Waals surface area contributed by atoms with Gasteiger partial charge in [0.2, 0.25) is 6.04 Å². The van der Waals surface area contributed by atoms with Crippen molar-refractivity contribution in [3.05, 3.63) is 22.3 Å². The second-order valence-corrected chi connectivity index (χ2v) is 3.42. The normalized spacial score (nSPS) is 43.8. The van der Waals surface area contributed by atoms with Crippen molar-refractivity contribution in [2.45, 2.75) is 18.6 Å². The van der Waals surface area contributed by atoms with E-state index in [1.807, 2.05) is 12.2 Å². The number of fused-ring (bicyclic) bond motifs is 2. The van der Waals surface area contributed by atoms with Crippen LogP contribution in [0.1, 0.15) is 6.42 Å². The predicted molar refractivity (Wildman–Crippen MR) is 42.3 cm³/mol. The summed E-state index contributed by atoms with van der Waals surface area (Å²) in [6.45, 7) is 0. The van der Waals surface area contributed by atoms with Crippen LogP contribution in [0.5, 0.6) is 0 Å². The molecule has 0 amide bonds. The summed E-state index contributed by atoms with van der Waals surface area (Å²) in [5.41, 5.74) is 0. The molecule has 0 radical (unpaired) electrons. The number of methoxy groups -OCH3 is 1. The minimum absolute atomic E-state index is 0.106. The molecule has 0 heterocycles. The molecule has 0 saturated heterocycles. The number of rotatable bonds is 2. The van der Waals surface area contributed by atoms with Crippen LogP contribution in [0.15, 0.2) is 12.2 Å². The Hall–Kier alpha value is -0.900. The molecule has 2 bridgehead atoms. The van der Waals surface area contributed by atoms with E-state index in [1.165, 1.54) is 0 Å². The molecule has 4 atom stereocenters. The van der Waals surface area contributed by atoms with Gasteiger partial charge in [0, 0.05) is 23.9 Å². The van der Waals surface area contributed by atoms with Crippen molar-refractivity contribution in [2.75, 3.05) is 7.11 Å². The zero-order valence-corrected chi connectivity index (χ0v) is 6.84. The maximum absolute atomic E-state index is 10.7. The summed E-state index contributed by atoms with van der Waals surface area (Å²) in [4.78, 5) is 10.4. The van der Waals surface area contributed by atoms with Gasteiger partial charge in [-0.15, -0.1) is 0 Å². The SMILES string of the molecule is CO[C@H]1[C@@H]([N+](=O)[O-])[C@H]2C=C[C@@H]1C2. The molecular weight excluding hydrogens is 158 g/mol. The Kier molecular flexibility index (Phi) is 1.65. The zero-order valence-electron chi connectivity index (χ0n) is 6.84. The molecular formula is C8H11NO3. The highest BCUT2D eigenvalue weighted by atomic mass is 16.6. The standard InChI is InChI=1S/C8H11NO3/c1-12-8-6-3-2-5(4-6)7(8)9(10)11/h2-3,5-8H,4H2,1H3/t5-,6+,7-,8+/m0/s1. The fourth-order valence-corrected chi connectivity index (χ4v) is 2.34. The molecule has 1 fully saturated rings. The Labute approximate surface area is 70.4 Å². The van der Waals surface area contributed by atoms with Gasteiger partial charge in [-0.25, -0.2) is 0 Å². The molecule has 2 aliphatic rings. The molecule has 66 valence electrons. The summed E-state index contributed by atoms with van der Waals surface area (Å²) in [6.07, 6.45) is 4.69. The first-order chi connectivity index (χ1) is 5.74. The molecule has 0 aromatic rings. The molecule has 0 unspecified atom stereocenters. The summed E-state index contributed by atoms with van der Waals surface area (Å²) in [5.74, 6) is 0.380. The number of ether oxygens (including phenoxy) is 1. The topological polar surface area (TPSA) is 52.4 Å². The van der Waals surface area contributed by atoms with E-state index in [0.29, 0.717) is 0 Å². The third-order valence-corrected chi connectivity index (χ3v) is 2.86. The number of nitro groups is 1. The van der Waals surface area contributed by atoms with Gasteiger partial charge in [0.1, 0.15) is 6.10 Å². The van der Waals surface area contributed by atoms with Crippen LogP contribution in [0.3, 0.4) is 0 Å². The van der Waals surface area contributed by atoms with Gasteiger partial charge in [0.05, 0.1) is 0 Å². The highest BCUT2D eigenvalue weighted by Gasteiger charge is 2.52. The van der Waals surface area contributed by atoms with Gasteiger partial charge in [-0.05, 0) is 6.42 Å². The first-order valence-corrected chi connectivity index (χ1v) is 4.08. The van der Waals surface area contributed by atoms with Gasteiger partial charge < -0.3 is 4.74 Å². The van der Waals surface area contributed by atoms with Crippen LogP contribution < -0.4 is 0 Å². The maximum atomic E-state index is 10.7. The lowest BCUT2D eigenvalue weighted by Gasteiger charge is -2.19. The minimum atomic E-state index is -0.509. The van der Waals surface area contributed by atoms with Gasteiger partial charge in [-0.3, -0.25) is 10.1 Å². The lowest BCUT2D eigenvalue weighted by molar-refractivity contribution is -0.538. The second-order valence-electron chi connectivity index (χ2n) is 3.42. The van der Waals surface area contributed by atoms with Crippen molar-refractivity contribution in [2.24, 2.45) is 11.8 Å². The summed E-state index contributed by atoms with van der Waals surface area (Å²) in [5, 5.41) is 10.7. The first-order valence-electron chi connectivity index (χ1n) is 4.08. The van der Waals surface area contributed by atoms with Crippen LogP contribution >= 0.6 is 0 Å². The van der Waals surface area contributed by atoms with Crippen molar-refractivity contribution < 1.29 is 9.66 Å². The Morgan fingerprint density at radius 1 is 1.50 bits per heavy atom. The third-order valence-electron chi connectivity index (χ3n) is 2.86. The van der Waals surface area contributed by atoms with Crippen LogP contribution in [-0.2, 0) is 4.74 Å². The molecule has 4 nitrogen and oxygen atoms in total. The van der Waals surface area contributed by atoms with E-state index in [2.05, 4.69) is 0 Å². The van der Waals surface area contributed by atoms with Gasteiger partial charge in [-0.2, -0.15) is 0 Å². The van der Waals surface area contributed by atoms with Crippen molar-refractivity contribution in [3.8, 4) is 0 Å². The fourth-order valence-electron chi connectivity index (χ4n) is 2.34. The highest BCUT2D eigenvalue weighted by molar-refractivity contribution is 5.15. The summed E-state index contributed by atoms with van der Waals surface area (Å²) < 4.78 is 5.13. The van der Waals surface area contributed by atoms with Crippen LogP contribution in [-0.4, -0.2) is 24.2 Å². The Morgan fingerprint density at radius 3 is 2.67 bits per heavy atom.